The van der Waals surface area contributed by atoms with Gasteiger partial charge in [0.2, 0.25) is 0 Å². The maximum absolute atomic E-state index is 5.37. The van der Waals surface area contributed by atoms with Crippen LogP contribution < -0.4 is 10.6 Å². The van der Waals surface area contributed by atoms with E-state index < -0.39 is 0 Å². The van der Waals surface area contributed by atoms with Gasteiger partial charge in [-0.25, -0.2) is 0 Å². The Hall–Kier alpha value is -0.810. The van der Waals surface area contributed by atoms with Crippen molar-refractivity contribution < 1.29 is 4.74 Å². The van der Waals surface area contributed by atoms with Crippen molar-refractivity contribution in [3.8, 4) is 0 Å². The van der Waals surface area contributed by atoms with Gasteiger partial charge >= 0.3 is 0 Å². The van der Waals surface area contributed by atoms with Gasteiger partial charge in [-0.05, 0) is 58.5 Å². The predicted molar refractivity (Wildman–Crippen MR) is 99.1 cm³/mol. The standard InChI is InChI=1S/C18H38N4O/c1-5-19-18(20-11-7-10-14-23-6-2)21-15-17(16(3)4)22-12-8-9-13-22/h16-17H,5-15H2,1-4H3,(H2,19,20,21). The van der Waals surface area contributed by atoms with E-state index in [0.717, 1.165) is 51.6 Å². The lowest BCUT2D eigenvalue weighted by Crippen LogP contribution is -2.42. The molecule has 0 bridgehead atoms. The average Bonchev–Trinajstić information content (AvgIpc) is 3.04. The van der Waals surface area contributed by atoms with Gasteiger partial charge in [-0.1, -0.05) is 13.8 Å². The van der Waals surface area contributed by atoms with E-state index in [1.165, 1.54) is 25.9 Å². The first-order chi connectivity index (χ1) is 11.2. The Balaban J connectivity index is 2.39. The quantitative estimate of drug-likeness (QED) is 0.348. The van der Waals surface area contributed by atoms with Crippen molar-refractivity contribution in [1.82, 2.24) is 15.5 Å². The Labute approximate surface area is 143 Å². The van der Waals surface area contributed by atoms with Crippen LogP contribution in [0.3, 0.4) is 0 Å². The van der Waals surface area contributed by atoms with Gasteiger partial charge in [0, 0.05) is 32.3 Å². The first kappa shape index (κ1) is 20.2. The summed E-state index contributed by atoms with van der Waals surface area (Å²) >= 11 is 0. The Morgan fingerprint density at radius 2 is 1.87 bits per heavy atom. The fourth-order valence-corrected chi connectivity index (χ4v) is 3.03. The smallest absolute Gasteiger partial charge is 0.191 e. The van der Waals surface area contributed by atoms with Crippen LogP contribution in [0.25, 0.3) is 0 Å². The van der Waals surface area contributed by atoms with Crippen LogP contribution in [0.1, 0.15) is 53.4 Å². The molecule has 0 aromatic carbocycles. The molecule has 0 amide bonds. The number of unbranched alkanes of at least 4 members (excludes halogenated alkanes) is 1. The van der Waals surface area contributed by atoms with Crippen LogP contribution in [0, 0.1) is 5.92 Å². The number of nitrogens with one attached hydrogen (secondary N) is 2. The third-order valence-electron chi connectivity index (χ3n) is 4.37. The van der Waals surface area contributed by atoms with Crippen molar-refractivity contribution >= 4 is 5.96 Å². The first-order valence-electron chi connectivity index (χ1n) is 9.53. The molecule has 0 spiro atoms. The van der Waals surface area contributed by atoms with Gasteiger partial charge in [-0.3, -0.25) is 9.89 Å². The van der Waals surface area contributed by atoms with Crippen molar-refractivity contribution in [2.75, 3.05) is 45.9 Å². The second kappa shape index (κ2) is 12.6. The SMILES string of the molecule is CCNC(=NCC(C(C)C)N1CCCC1)NCCCCOCC. The molecule has 1 rings (SSSR count). The number of nitrogens with zero attached hydrogens (tertiary/aromatic N) is 2. The summed E-state index contributed by atoms with van der Waals surface area (Å²) in [7, 11) is 0. The monoisotopic (exact) mass is 326 g/mol. The fraction of sp³-hybridized carbons (Fsp3) is 0.944. The average molecular weight is 327 g/mol. The summed E-state index contributed by atoms with van der Waals surface area (Å²) in [4.78, 5) is 7.45. The summed E-state index contributed by atoms with van der Waals surface area (Å²) in [5.74, 6) is 1.60. The van der Waals surface area contributed by atoms with Crippen LogP contribution in [0.2, 0.25) is 0 Å². The summed E-state index contributed by atoms with van der Waals surface area (Å²) in [6.07, 6.45) is 4.89. The van der Waals surface area contributed by atoms with E-state index >= 15 is 0 Å². The topological polar surface area (TPSA) is 48.9 Å². The van der Waals surface area contributed by atoms with E-state index in [9.17, 15) is 0 Å². The maximum atomic E-state index is 5.37. The molecule has 0 aromatic rings. The normalized spacial score (nSPS) is 17.7. The molecule has 23 heavy (non-hydrogen) atoms. The maximum Gasteiger partial charge on any atom is 0.191 e. The second-order valence-corrected chi connectivity index (χ2v) is 6.60. The molecule has 1 fully saturated rings. The van der Waals surface area contributed by atoms with Gasteiger partial charge in [0.05, 0.1) is 6.54 Å². The van der Waals surface area contributed by atoms with E-state index in [4.69, 9.17) is 9.73 Å². The largest absolute Gasteiger partial charge is 0.382 e. The lowest BCUT2D eigenvalue weighted by molar-refractivity contribution is 0.143. The number of hydrogen-bond donors (Lipinski definition) is 2. The predicted octanol–water partition coefficient (Wildman–Crippen LogP) is 2.48. The fourth-order valence-electron chi connectivity index (χ4n) is 3.03. The first-order valence-corrected chi connectivity index (χ1v) is 9.53. The van der Waals surface area contributed by atoms with Gasteiger partial charge in [0.1, 0.15) is 0 Å². The van der Waals surface area contributed by atoms with E-state index in [1.54, 1.807) is 0 Å². The van der Waals surface area contributed by atoms with Crippen molar-refractivity contribution in [2.45, 2.75) is 59.4 Å². The Morgan fingerprint density at radius 1 is 1.13 bits per heavy atom. The zero-order chi connectivity index (χ0) is 16.9. The summed E-state index contributed by atoms with van der Waals surface area (Å²) in [5.41, 5.74) is 0. The molecule has 1 aliphatic heterocycles. The van der Waals surface area contributed by atoms with E-state index in [2.05, 4.69) is 36.3 Å². The highest BCUT2D eigenvalue weighted by Crippen LogP contribution is 2.17. The summed E-state index contributed by atoms with van der Waals surface area (Å²) in [6, 6.07) is 0.561. The number of guanidine groups is 1. The van der Waals surface area contributed by atoms with Crippen LogP contribution in [0.4, 0.5) is 0 Å². The van der Waals surface area contributed by atoms with Crippen LogP contribution in [0.5, 0.6) is 0 Å². The van der Waals surface area contributed by atoms with Crippen LogP contribution in [-0.4, -0.2) is 62.8 Å². The van der Waals surface area contributed by atoms with Gasteiger partial charge in [-0.15, -0.1) is 0 Å². The minimum absolute atomic E-state index is 0.561. The van der Waals surface area contributed by atoms with E-state index in [1.807, 2.05) is 6.92 Å². The van der Waals surface area contributed by atoms with Crippen LogP contribution in [-0.2, 0) is 4.74 Å². The molecule has 5 heteroatoms. The number of ether oxygens (including phenoxy) is 1. The molecule has 136 valence electrons. The summed E-state index contributed by atoms with van der Waals surface area (Å²) in [5, 5.41) is 6.81. The van der Waals surface area contributed by atoms with Crippen LogP contribution >= 0.6 is 0 Å². The molecule has 0 aliphatic carbocycles. The molecule has 1 heterocycles. The Morgan fingerprint density at radius 3 is 2.48 bits per heavy atom. The Bertz CT molecular complexity index is 314. The zero-order valence-corrected chi connectivity index (χ0v) is 15.7. The molecule has 1 unspecified atom stereocenters. The van der Waals surface area contributed by atoms with Crippen molar-refractivity contribution in [1.29, 1.82) is 0 Å². The zero-order valence-electron chi connectivity index (χ0n) is 15.7. The molecule has 1 atom stereocenters. The Kier molecular flexibility index (Phi) is 11.1. The van der Waals surface area contributed by atoms with Gasteiger partial charge in [0.15, 0.2) is 5.96 Å². The second-order valence-electron chi connectivity index (χ2n) is 6.60. The number of hydrogen-bond acceptors (Lipinski definition) is 3. The molecular weight excluding hydrogens is 288 g/mol. The molecule has 5 nitrogen and oxygen atoms in total. The molecule has 0 radical (unpaired) electrons. The molecular formula is C18H38N4O. The molecule has 0 saturated carbocycles. The van der Waals surface area contributed by atoms with Crippen molar-refractivity contribution in [3.63, 3.8) is 0 Å². The summed E-state index contributed by atoms with van der Waals surface area (Å²) < 4.78 is 5.37. The lowest BCUT2D eigenvalue weighted by Gasteiger charge is -2.29. The molecule has 1 aliphatic rings. The van der Waals surface area contributed by atoms with Crippen molar-refractivity contribution in [2.24, 2.45) is 10.9 Å². The number of aliphatic imine (C=N–C) groups is 1. The number of rotatable bonds is 11. The third-order valence-corrected chi connectivity index (χ3v) is 4.37. The minimum Gasteiger partial charge on any atom is -0.382 e. The van der Waals surface area contributed by atoms with Gasteiger partial charge in [-0.2, -0.15) is 0 Å². The number of likely N-dealkylation sites (tertiary alicyclic amines) is 1. The summed E-state index contributed by atoms with van der Waals surface area (Å²) in [6.45, 7) is 15.7. The van der Waals surface area contributed by atoms with E-state index in [0.29, 0.717) is 12.0 Å². The molecule has 1 saturated heterocycles. The molecule has 0 aromatic heterocycles. The van der Waals surface area contributed by atoms with Gasteiger partial charge in [0.25, 0.3) is 0 Å². The highest BCUT2D eigenvalue weighted by molar-refractivity contribution is 5.79. The third kappa shape index (κ3) is 8.56. The highest BCUT2D eigenvalue weighted by Gasteiger charge is 2.24. The van der Waals surface area contributed by atoms with Crippen LogP contribution in [0.15, 0.2) is 4.99 Å². The van der Waals surface area contributed by atoms with Gasteiger partial charge < -0.3 is 15.4 Å². The highest BCUT2D eigenvalue weighted by atomic mass is 16.5. The lowest BCUT2D eigenvalue weighted by atomic mass is 10.0. The van der Waals surface area contributed by atoms with E-state index in [-0.39, 0.29) is 0 Å². The minimum atomic E-state index is 0.561. The van der Waals surface area contributed by atoms with Crippen molar-refractivity contribution in [3.05, 3.63) is 0 Å². The molecule has 2 N–H and O–H groups in total.